The molecule has 36 heavy (non-hydrogen) atoms. The van der Waals surface area contributed by atoms with E-state index in [9.17, 15) is 18.0 Å². The van der Waals surface area contributed by atoms with Gasteiger partial charge in [-0.05, 0) is 53.2 Å². The zero-order valence-corrected chi connectivity index (χ0v) is 22.7. The van der Waals surface area contributed by atoms with Gasteiger partial charge in [-0.3, -0.25) is 9.59 Å². The van der Waals surface area contributed by atoms with Gasteiger partial charge in [-0.2, -0.15) is 0 Å². The van der Waals surface area contributed by atoms with Crippen molar-refractivity contribution in [2.24, 2.45) is 0 Å². The number of unbranched alkanes of at least 4 members (excludes halogenated alkanes) is 1. The normalized spacial score (nSPS) is 18.6. The van der Waals surface area contributed by atoms with Gasteiger partial charge in [-0.15, -0.1) is 0 Å². The van der Waals surface area contributed by atoms with Crippen LogP contribution in [0.4, 0.5) is 0 Å². The zero-order valence-electron chi connectivity index (χ0n) is 21.9. The van der Waals surface area contributed by atoms with Crippen LogP contribution in [-0.4, -0.2) is 33.1 Å². The smallest absolute Gasteiger partial charge is 0.270 e. The van der Waals surface area contributed by atoms with E-state index in [2.05, 4.69) is 33.0 Å². The SMILES string of the molecule is CCCCOc1ccc([C@]2(C)CC(c3ccc(C(C)(C)C)cc3)=C(C(=O)NS(C)(=O)=O)C(=O)N2)cc1. The predicted molar refractivity (Wildman–Crippen MR) is 142 cm³/mol. The lowest BCUT2D eigenvalue weighted by atomic mass is 9.77. The fourth-order valence-electron chi connectivity index (χ4n) is 4.24. The van der Waals surface area contributed by atoms with Crippen molar-refractivity contribution in [2.45, 2.75) is 64.8 Å². The van der Waals surface area contributed by atoms with Crippen molar-refractivity contribution in [1.29, 1.82) is 0 Å². The van der Waals surface area contributed by atoms with E-state index in [-0.39, 0.29) is 11.0 Å². The monoisotopic (exact) mass is 512 g/mol. The summed E-state index contributed by atoms with van der Waals surface area (Å²) in [6.45, 7) is 10.9. The number of hydrogen-bond donors (Lipinski definition) is 2. The van der Waals surface area contributed by atoms with Gasteiger partial charge in [0.2, 0.25) is 10.0 Å². The fraction of sp³-hybridized carbons (Fsp3) is 0.429. The highest BCUT2D eigenvalue weighted by atomic mass is 32.2. The van der Waals surface area contributed by atoms with Crippen LogP contribution in [-0.2, 0) is 30.6 Å². The molecule has 0 aromatic heterocycles. The van der Waals surface area contributed by atoms with E-state index in [4.69, 9.17) is 4.74 Å². The quantitative estimate of drug-likeness (QED) is 0.403. The van der Waals surface area contributed by atoms with E-state index in [0.717, 1.165) is 36.0 Å². The van der Waals surface area contributed by atoms with Gasteiger partial charge in [0.25, 0.3) is 11.8 Å². The number of amides is 2. The van der Waals surface area contributed by atoms with Crippen molar-refractivity contribution in [2.75, 3.05) is 12.9 Å². The molecule has 2 aromatic rings. The van der Waals surface area contributed by atoms with Crippen LogP contribution >= 0.6 is 0 Å². The number of carbonyl (C=O) groups excluding carboxylic acids is 2. The first-order chi connectivity index (χ1) is 16.7. The number of rotatable bonds is 8. The minimum Gasteiger partial charge on any atom is -0.494 e. The zero-order chi connectivity index (χ0) is 26.7. The van der Waals surface area contributed by atoms with Gasteiger partial charge < -0.3 is 10.1 Å². The van der Waals surface area contributed by atoms with Gasteiger partial charge in [0.1, 0.15) is 11.3 Å². The van der Waals surface area contributed by atoms with Gasteiger partial charge >= 0.3 is 0 Å². The van der Waals surface area contributed by atoms with Crippen LogP contribution in [0.3, 0.4) is 0 Å². The van der Waals surface area contributed by atoms with Crippen molar-refractivity contribution >= 4 is 27.4 Å². The van der Waals surface area contributed by atoms with Gasteiger partial charge in [-0.1, -0.05) is 70.5 Å². The van der Waals surface area contributed by atoms with Crippen molar-refractivity contribution < 1.29 is 22.7 Å². The Hall–Kier alpha value is -3.13. The second-order valence-corrected chi connectivity index (χ2v) is 12.3. The number of benzene rings is 2. The maximum atomic E-state index is 13.3. The molecule has 7 nitrogen and oxygen atoms in total. The molecular weight excluding hydrogens is 476 g/mol. The summed E-state index contributed by atoms with van der Waals surface area (Å²) < 4.78 is 31.2. The van der Waals surface area contributed by atoms with E-state index in [0.29, 0.717) is 24.2 Å². The molecule has 0 fully saturated rings. The summed E-state index contributed by atoms with van der Waals surface area (Å²) in [7, 11) is -3.85. The Morgan fingerprint density at radius 3 is 2.22 bits per heavy atom. The Bertz CT molecular complexity index is 1260. The van der Waals surface area contributed by atoms with Gasteiger partial charge in [0.05, 0.1) is 18.4 Å². The third kappa shape index (κ3) is 6.55. The minimum absolute atomic E-state index is 0.0667. The molecular formula is C28H36N2O5S. The highest BCUT2D eigenvalue weighted by Crippen LogP contribution is 2.39. The molecule has 3 rings (SSSR count). The van der Waals surface area contributed by atoms with Gasteiger partial charge in [-0.25, -0.2) is 13.1 Å². The summed E-state index contributed by atoms with van der Waals surface area (Å²) in [6, 6.07) is 15.3. The Morgan fingerprint density at radius 2 is 1.69 bits per heavy atom. The molecule has 0 unspecified atom stereocenters. The highest BCUT2D eigenvalue weighted by Gasteiger charge is 2.40. The molecule has 2 amide bonds. The lowest BCUT2D eigenvalue weighted by Gasteiger charge is -2.37. The molecule has 2 N–H and O–H groups in total. The van der Waals surface area contributed by atoms with Crippen LogP contribution in [0, 0.1) is 0 Å². The van der Waals surface area contributed by atoms with Gasteiger partial charge in [0.15, 0.2) is 0 Å². The summed E-state index contributed by atoms with van der Waals surface area (Å²) in [5, 5.41) is 2.94. The Labute approximate surface area is 214 Å². The van der Waals surface area contributed by atoms with Crippen molar-refractivity contribution in [1.82, 2.24) is 10.0 Å². The first-order valence-electron chi connectivity index (χ1n) is 12.2. The maximum Gasteiger partial charge on any atom is 0.270 e. The standard InChI is InChI=1S/C28H36N2O5S/c1-7-8-17-35-22-15-13-21(14-16-22)28(5)18-23(19-9-11-20(12-10-19)27(2,3)4)24(25(31)29-28)26(32)30-36(6,33)34/h9-16H,7-8,17-18H2,1-6H3,(H,29,31)(H,30,32)/t28-/m0/s1. The number of carbonyl (C=O) groups is 2. The lowest BCUT2D eigenvalue weighted by molar-refractivity contribution is -0.124. The van der Waals surface area contributed by atoms with Crippen LogP contribution in [0.25, 0.3) is 5.57 Å². The van der Waals surface area contributed by atoms with Crippen LogP contribution in [0.1, 0.15) is 70.6 Å². The van der Waals surface area contributed by atoms with E-state index in [1.807, 2.05) is 60.2 Å². The van der Waals surface area contributed by atoms with E-state index in [1.54, 1.807) is 0 Å². The third-order valence-electron chi connectivity index (χ3n) is 6.31. The summed E-state index contributed by atoms with van der Waals surface area (Å²) in [5.74, 6) is -0.811. The largest absolute Gasteiger partial charge is 0.494 e. The summed E-state index contributed by atoms with van der Waals surface area (Å²) in [6.07, 6.45) is 3.20. The molecule has 0 saturated heterocycles. The minimum atomic E-state index is -3.85. The average Bonchev–Trinajstić information content (AvgIpc) is 2.77. The second kappa shape index (κ2) is 10.5. The summed E-state index contributed by atoms with van der Waals surface area (Å²) in [4.78, 5) is 26.2. The first kappa shape index (κ1) is 27.5. The molecule has 194 valence electrons. The third-order valence-corrected chi connectivity index (χ3v) is 6.87. The fourth-order valence-corrected chi connectivity index (χ4v) is 4.68. The average molecular weight is 513 g/mol. The first-order valence-corrected chi connectivity index (χ1v) is 14.0. The van der Waals surface area contributed by atoms with E-state index in [1.165, 1.54) is 0 Å². The number of sulfonamides is 1. The van der Waals surface area contributed by atoms with Crippen LogP contribution in [0.5, 0.6) is 5.75 Å². The summed E-state index contributed by atoms with van der Waals surface area (Å²) in [5.41, 5.74) is 2.07. The molecule has 1 aliphatic rings. The molecule has 0 saturated carbocycles. The van der Waals surface area contributed by atoms with Crippen molar-refractivity contribution in [3.8, 4) is 5.75 Å². The highest BCUT2D eigenvalue weighted by molar-refractivity contribution is 7.89. The molecule has 8 heteroatoms. The van der Waals surface area contributed by atoms with Crippen LogP contribution < -0.4 is 14.8 Å². The molecule has 1 aliphatic heterocycles. The second-order valence-electron chi connectivity index (χ2n) is 10.6. The molecule has 0 radical (unpaired) electrons. The summed E-state index contributed by atoms with van der Waals surface area (Å²) >= 11 is 0. The molecule has 0 spiro atoms. The molecule has 1 atom stereocenters. The molecule has 0 aliphatic carbocycles. The number of nitrogens with one attached hydrogen (secondary N) is 2. The Morgan fingerprint density at radius 1 is 1.08 bits per heavy atom. The number of ether oxygens (including phenoxy) is 1. The molecule has 0 bridgehead atoms. The van der Waals surface area contributed by atoms with Crippen LogP contribution in [0.2, 0.25) is 0 Å². The Kier molecular flexibility index (Phi) is 7.98. The van der Waals surface area contributed by atoms with E-state index >= 15 is 0 Å². The van der Waals surface area contributed by atoms with Crippen molar-refractivity contribution in [3.05, 3.63) is 70.8 Å². The molecule has 2 aromatic carbocycles. The van der Waals surface area contributed by atoms with Crippen LogP contribution in [0.15, 0.2) is 54.1 Å². The van der Waals surface area contributed by atoms with Crippen molar-refractivity contribution in [3.63, 3.8) is 0 Å². The molecule has 1 heterocycles. The number of hydrogen-bond acceptors (Lipinski definition) is 5. The van der Waals surface area contributed by atoms with Gasteiger partial charge in [0, 0.05) is 6.42 Å². The Balaban J connectivity index is 2.04. The predicted octanol–water partition coefficient (Wildman–Crippen LogP) is 4.43. The topological polar surface area (TPSA) is 102 Å². The lowest BCUT2D eigenvalue weighted by Crippen LogP contribution is -2.50. The van der Waals surface area contributed by atoms with E-state index < -0.39 is 27.4 Å². The maximum absolute atomic E-state index is 13.3.